The molecule has 2 heterocycles. The number of aliphatic hydroxyl groups is 8. The fourth-order valence-electron chi connectivity index (χ4n) is 5.30. The van der Waals surface area contributed by atoms with Gasteiger partial charge < -0.3 is 50.3 Å². The molecule has 212 valence electrons. The van der Waals surface area contributed by atoms with E-state index in [1.807, 2.05) is 36.4 Å². The van der Waals surface area contributed by atoms with Gasteiger partial charge in [-0.3, -0.25) is 0 Å². The van der Waals surface area contributed by atoms with Gasteiger partial charge in [0, 0.05) is 11.1 Å². The minimum absolute atomic E-state index is 0.511. The fourth-order valence-corrected chi connectivity index (χ4v) is 5.30. The number of benzene rings is 2. The number of rotatable bonds is 2. The molecule has 0 bridgehead atoms. The standard InChI is InChI=1S/C30H32O10/c31-13-23-27(35)29(37)25(33)21(39-23)9-3-15-1-7-19-17(11-15)5-6-18-12-16(2-8-20(18)19)4-10-22-26(34)30(38)28(36)24(14-32)40-22/h1-2,7-8,11-12,21-38H,5-6,13-14H2/t21-,22-,23-,24-,25-,26-,27-,28-,29-,30-/m1/s1. The van der Waals surface area contributed by atoms with Crippen LogP contribution in [0.5, 0.6) is 0 Å². The summed E-state index contributed by atoms with van der Waals surface area (Å²) in [6, 6.07) is 11.5. The molecule has 0 amide bonds. The SMILES string of the molecule is OC[C@H]1O[C@H](C#Cc2ccc3c(c2)CCc2cc(C#C[C@H]4O[C@H](CO)[C@@H](O)[C@H](O)[C@@H]4O)ccc2-3)[C@@H](O)[C@@H](O)[C@@H]1O. The molecule has 10 heteroatoms. The van der Waals surface area contributed by atoms with Gasteiger partial charge in [-0.1, -0.05) is 35.8 Å². The number of aryl methyl sites for hydroxylation is 2. The van der Waals surface area contributed by atoms with Crippen LogP contribution < -0.4 is 0 Å². The third-order valence-corrected chi connectivity index (χ3v) is 7.67. The molecule has 0 aromatic heterocycles. The van der Waals surface area contributed by atoms with Gasteiger partial charge in [-0.2, -0.15) is 0 Å². The lowest BCUT2D eigenvalue weighted by molar-refractivity contribution is -0.214. The lowest BCUT2D eigenvalue weighted by Crippen LogP contribution is -2.58. The Morgan fingerprint density at radius 3 is 1.35 bits per heavy atom. The van der Waals surface area contributed by atoms with Crippen LogP contribution in [-0.2, 0) is 22.3 Å². The van der Waals surface area contributed by atoms with Crippen LogP contribution >= 0.6 is 0 Å². The van der Waals surface area contributed by atoms with Crippen molar-refractivity contribution in [2.75, 3.05) is 13.2 Å². The van der Waals surface area contributed by atoms with Gasteiger partial charge in [0.1, 0.15) is 61.0 Å². The molecule has 10 nitrogen and oxygen atoms in total. The summed E-state index contributed by atoms with van der Waals surface area (Å²) in [6.45, 7) is -1.02. The predicted octanol–water partition coefficient (Wildman–Crippen LogP) is -2.16. The van der Waals surface area contributed by atoms with Gasteiger partial charge in [-0.05, 0) is 59.4 Å². The first-order valence-corrected chi connectivity index (χ1v) is 13.1. The summed E-state index contributed by atoms with van der Waals surface area (Å²) in [5.74, 6) is 11.5. The van der Waals surface area contributed by atoms with Crippen molar-refractivity contribution in [3.63, 3.8) is 0 Å². The number of hydrogen-bond donors (Lipinski definition) is 8. The molecule has 1 aliphatic carbocycles. The Morgan fingerprint density at radius 1 is 0.575 bits per heavy atom. The maximum absolute atomic E-state index is 10.2. The Balaban J connectivity index is 1.32. The van der Waals surface area contributed by atoms with E-state index < -0.39 is 74.3 Å². The molecule has 5 rings (SSSR count). The molecule has 2 aromatic carbocycles. The topological polar surface area (TPSA) is 180 Å². The Morgan fingerprint density at radius 2 is 0.975 bits per heavy atom. The van der Waals surface area contributed by atoms with Crippen molar-refractivity contribution < 1.29 is 50.3 Å². The average Bonchev–Trinajstić information content (AvgIpc) is 2.97. The summed E-state index contributed by atoms with van der Waals surface area (Å²) in [6.07, 6.45) is -11.3. The van der Waals surface area contributed by atoms with E-state index in [2.05, 4.69) is 23.7 Å². The van der Waals surface area contributed by atoms with E-state index in [1.54, 1.807) is 0 Å². The smallest absolute Gasteiger partial charge is 0.147 e. The van der Waals surface area contributed by atoms with Crippen molar-refractivity contribution in [2.24, 2.45) is 0 Å². The summed E-state index contributed by atoms with van der Waals surface area (Å²) in [5, 5.41) is 79.0. The first-order chi connectivity index (χ1) is 19.2. The zero-order valence-electron chi connectivity index (χ0n) is 21.5. The van der Waals surface area contributed by atoms with Gasteiger partial charge in [-0.15, -0.1) is 0 Å². The molecule has 0 radical (unpaired) electrons. The highest BCUT2D eigenvalue weighted by molar-refractivity contribution is 5.74. The van der Waals surface area contributed by atoms with Crippen LogP contribution in [-0.4, -0.2) is 115 Å². The summed E-state index contributed by atoms with van der Waals surface area (Å²) in [5.41, 5.74) is 5.67. The van der Waals surface area contributed by atoms with Crippen LogP contribution in [0.15, 0.2) is 36.4 Å². The van der Waals surface area contributed by atoms with Crippen molar-refractivity contribution in [2.45, 2.75) is 73.9 Å². The normalized spacial score (nSPS) is 34.9. The second-order valence-electron chi connectivity index (χ2n) is 10.3. The van der Waals surface area contributed by atoms with Crippen molar-refractivity contribution in [3.8, 4) is 34.8 Å². The second-order valence-corrected chi connectivity index (χ2v) is 10.3. The van der Waals surface area contributed by atoms with E-state index in [0.717, 1.165) is 35.1 Å². The number of fused-ring (bicyclic) bond motifs is 3. The Bertz CT molecular complexity index is 1250. The lowest BCUT2D eigenvalue weighted by atomic mass is 9.84. The van der Waals surface area contributed by atoms with E-state index in [4.69, 9.17) is 9.47 Å². The van der Waals surface area contributed by atoms with Crippen LogP contribution in [0.2, 0.25) is 0 Å². The highest BCUT2D eigenvalue weighted by atomic mass is 16.5. The molecule has 2 saturated heterocycles. The van der Waals surface area contributed by atoms with Crippen LogP contribution in [0.1, 0.15) is 22.3 Å². The maximum Gasteiger partial charge on any atom is 0.147 e. The summed E-state index contributed by atoms with van der Waals surface area (Å²) in [7, 11) is 0. The Hall–Kier alpha value is -2.84. The first kappa shape index (κ1) is 28.7. The monoisotopic (exact) mass is 552 g/mol. The molecule has 40 heavy (non-hydrogen) atoms. The number of hydrogen-bond acceptors (Lipinski definition) is 10. The van der Waals surface area contributed by atoms with Crippen LogP contribution in [0.4, 0.5) is 0 Å². The predicted molar refractivity (Wildman–Crippen MR) is 141 cm³/mol. The third kappa shape index (κ3) is 5.53. The van der Waals surface area contributed by atoms with Crippen molar-refractivity contribution >= 4 is 0 Å². The maximum atomic E-state index is 10.2. The molecule has 2 aliphatic heterocycles. The van der Waals surface area contributed by atoms with Crippen molar-refractivity contribution in [3.05, 3.63) is 58.7 Å². The first-order valence-electron chi connectivity index (χ1n) is 13.1. The van der Waals surface area contributed by atoms with Gasteiger partial charge in [0.25, 0.3) is 0 Å². The van der Waals surface area contributed by atoms with Gasteiger partial charge in [-0.25, -0.2) is 0 Å². The quantitative estimate of drug-likeness (QED) is 0.191. The minimum atomic E-state index is -1.47. The molecule has 2 fully saturated rings. The van der Waals surface area contributed by atoms with E-state index in [-0.39, 0.29) is 0 Å². The van der Waals surface area contributed by atoms with Gasteiger partial charge in [0.2, 0.25) is 0 Å². The zero-order valence-corrected chi connectivity index (χ0v) is 21.5. The summed E-state index contributed by atoms with van der Waals surface area (Å²) >= 11 is 0. The minimum Gasteiger partial charge on any atom is -0.394 e. The van der Waals surface area contributed by atoms with Crippen LogP contribution in [0.3, 0.4) is 0 Å². The van der Waals surface area contributed by atoms with Crippen molar-refractivity contribution in [1.29, 1.82) is 0 Å². The van der Waals surface area contributed by atoms with Crippen LogP contribution in [0, 0.1) is 23.7 Å². The highest BCUT2D eigenvalue weighted by Gasteiger charge is 2.43. The summed E-state index contributed by atoms with van der Waals surface area (Å²) < 4.78 is 10.9. The molecule has 3 aliphatic rings. The van der Waals surface area contributed by atoms with Gasteiger partial charge in [0.15, 0.2) is 0 Å². The molecule has 2 aromatic rings. The van der Waals surface area contributed by atoms with E-state index in [0.29, 0.717) is 11.1 Å². The largest absolute Gasteiger partial charge is 0.394 e. The van der Waals surface area contributed by atoms with E-state index >= 15 is 0 Å². The Labute approximate surface area is 231 Å². The van der Waals surface area contributed by atoms with Gasteiger partial charge in [0.05, 0.1) is 13.2 Å². The second kappa shape index (κ2) is 12.0. The highest BCUT2D eigenvalue weighted by Crippen LogP contribution is 2.34. The Kier molecular flexibility index (Phi) is 8.57. The molecule has 8 N–H and O–H groups in total. The van der Waals surface area contributed by atoms with Gasteiger partial charge >= 0.3 is 0 Å². The summed E-state index contributed by atoms with van der Waals surface area (Å²) in [4.78, 5) is 0. The molecule has 0 saturated carbocycles. The number of aliphatic hydroxyl groups excluding tert-OH is 8. The zero-order chi connectivity index (χ0) is 28.6. The lowest BCUT2D eigenvalue weighted by Gasteiger charge is -2.37. The number of ether oxygens (including phenoxy) is 2. The molecule has 0 spiro atoms. The molecular formula is C30H32O10. The van der Waals surface area contributed by atoms with E-state index in [1.165, 1.54) is 0 Å². The van der Waals surface area contributed by atoms with Crippen LogP contribution in [0.25, 0.3) is 11.1 Å². The molecule has 0 unspecified atom stereocenters. The van der Waals surface area contributed by atoms with Crippen molar-refractivity contribution in [1.82, 2.24) is 0 Å². The average molecular weight is 553 g/mol. The fraction of sp³-hybridized carbons (Fsp3) is 0.467. The molecular weight excluding hydrogens is 520 g/mol. The van der Waals surface area contributed by atoms with E-state index in [9.17, 15) is 40.9 Å². The third-order valence-electron chi connectivity index (χ3n) is 7.67. The molecule has 10 atom stereocenters.